The zero-order chi connectivity index (χ0) is 12.2. The number of sulfone groups is 1. The second kappa shape index (κ2) is 5.59. The fraction of sp³-hybridized carbons (Fsp3) is 0.455. The Labute approximate surface area is 102 Å². The third-order valence-corrected chi connectivity index (χ3v) is 3.85. The van der Waals surface area contributed by atoms with Crippen LogP contribution in [-0.4, -0.2) is 27.0 Å². The molecule has 0 bridgehead atoms. The van der Waals surface area contributed by atoms with Crippen LogP contribution in [0.5, 0.6) is 5.75 Å². The molecule has 0 saturated carbocycles. The number of hydrogen-bond acceptors (Lipinski definition) is 4. The van der Waals surface area contributed by atoms with Gasteiger partial charge in [0.15, 0.2) is 9.84 Å². The highest BCUT2D eigenvalue weighted by Crippen LogP contribution is 2.16. The molecule has 0 aliphatic carbocycles. The molecule has 1 atom stereocenters. The molecule has 1 aromatic rings. The Kier molecular flexibility index (Phi) is 4.68. The minimum Gasteiger partial charge on any atom is -0.493 e. The van der Waals surface area contributed by atoms with E-state index in [1.165, 1.54) is 6.26 Å². The van der Waals surface area contributed by atoms with Crippen LogP contribution in [0, 0.1) is 5.92 Å². The minimum atomic E-state index is -3.12. The maximum atomic E-state index is 11.2. The van der Waals surface area contributed by atoms with Crippen molar-refractivity contribution in [3.8, 4) is 5.75 Å². The topological polar surface area (TPSA) is 43.4 Å². The summed E-state index contributed by atoms with van der Waals surface area (Å²) < 4.78 is 27.9. The highest BCUT2D eigenvalue weighted by Gasteiger charge is 2.06. The van der Waals surface area contributed by atoms with E-state index in [-0.39, 0.29) is 0 Å². The molecule has 1 unspecified atom stereocenters. The van der Waals surface area contributed by atoms with Gasteiger partial charge in [-0.05, 0) is 35.9 Å². The summed E-state index contributed by atoms with van der Waals surface area (Å²) in [6, 6.07) is 6.44. The highest BCUT2D eigenvalue weighted by atomic mass is 32.2. The lowest BCUT2D eigenvalue weighted by Gasteiger charge is -2.10. The van der Waals surface area contributed by atoms with Crippen LogP contribution in [-0.2, 0) is 9.84 Å². The Balaban J connectivity index is 2.66. The second-order valence-electron chi connectivity index (χ2n) is 3.84. The fourth-order valence-corrected chi connectivity index (χ4v) is 1.81. The Morgan fingerprint density at radius 2 is 1.88 bits per heavy atom. The lowest BCUT2D eigenvalue weighted by Crippen LogP contribution is -2.09. The van der Waals surface area contributed by atoms with Gasteiger partial charge in [0.05, 0.1) is 11.5 Å². The van der Waals surface area contributed by atoms with Crippen molar-refractivity contribution in [1.29, 1.82) is 0 Å². The summed E-state index contributed by atoms with van der Waals surface area (Å²) in [6.45, 7) is 2.62. The fourth-order valence-electron chi connectivity index (χ4n) is 1.07. The molecule has 0 saturated heterocycles. The van der Waals surface area contributed by atoms with Crippen LogP contribution in [0.15, 0.2) is 29.2 Å². The molecule has 1 aromatic carbocycles. The molecule has 0 aromatic heterocycles. The maximum absolute atomic E-state index is 11.2. The van der Waals surface area contributed by atoms with Gasteiger partial charge in [-0.1, -0.05) is 6.92 Å². The summed E-state index contributed by atoms with van der Waals surface area (Å²) in [5.74, 6) is 1.82. The first-order valence-corrected chi connectivity index (χ1v) is 7.49. The van der Waals surface area contributed by atoms with Crippen molar-refractivity contribution in [2.45, 2.75) is 11.8 Å². The van der Waals surface area contributed by atoms with Gasteiger partial charge in [-0.2, -0.15) is 12.6 Å². The van der Waals surface area contributed by atoms with E-state index >= 15 is 0 Å². The number of rotatable bonds is 5. The standard InChI is InChI=1S/C11H16O3S2/c1-9(8-15)7-14-10-3-5-11(6-4-10)16(2,12)13/h3-6,9,15H,7-8H2,1-2H3. The molecule has 0 aliphatic rings. The molecule has 0 spiro atoms. The summed E-state index contributed by atoms with van der Waals surface area (Å²) >= 11 is 4.16. The van der Waals surface area contributed by atoms with Gasteiger partial charge in [-0.15, -0.1) is 0 Å². The number of benzene rings is 1. The lowest BCUT2D eigenvalue weighted by atomic mass is 10.2. The van der Waals surface area contributed by atoms with E-state index in [0.29, 0.717) is 23.2 Å². The number of ether oxygens (including phenoxy) is 1. The molecule has 0 N–H and O–H groups in total. The van der Waals surface area contributed by atoms with Crippen molar-refractivity contribution in [3.63, 3.8) is 0 Å². The molecule has 0 aliphatic heterocycles. The quantitative estimate of drug-likeness (QED) is 0.824. The normalized spacial score (nSPS) is 13.4. The second-order valence-corrected chi connectivity index (χ2v) is 6.22. The van der Waals surface area contributed by atoms with Crippen molar-refractivity contribution in [2.24, 2.45) is 5.92 Å². The van der Waals surface area contributed by atoms with E-state index in [9.17, 15) is 8.42 Å². The third kappa shape index (κ3) is 4.06. The van der Waals surface area contributed by atoms with E-state index in [0.717, 1.165) is 5.75 Å². The van der Waals surface area contributed by atoms with E-state index in [2.05, 4.69) is 12.6 Å². The minimum absolute atomic E-state index is 0.307. The largest absolute Gasteiger partial charge is 0.493 e. The summed E-state index contributed by atoms with van der Waals surface area (Å²) in [7, 11) is -3.12. The van der Waals surface area contributed by atoms with E-state index in [1.54, 1.807) is 24.3 Å². The van der Waals surface area contributed by atoms with Crippen molar-refractivity contribution in [1.82, 2.24) is 0 Å². The van der Waals surface area contributed by atoms with Crippen LogP contribution in [0.25, 0.3) is 0 Å². The number of thiol groups is 1. The smallest absolute Gasteiger partial charge is 0.175 e. The first-order chi connectivity index (χ1) is 7.43. The predicted octanol–water partition coefficient (Wildman–Crippen LogP) is 2.03. The Hall–Kier alpha value is -0.680. The predicted molar refractivity (Wildman–Crippen MR) is 68.1 cm³/mol. The SMILES string of the molecule is CC(CS)COc1ccc(S(C)(=O)=O)cc1. The van der Waals surface area contributed by atoms with Crippen LogP contribution in [0.1, 0.15) is 6.92 Å². The average molecular weight is 260 g/mol. The molecule has 0 fully saturated rings. The Bertz CT molecular complexity index is 423. The zero-order valence-corrected chi connectivity index (χ0v) is 11.1. The Morgan fingerprint density at radius 1 is 1.31 bits per heavy atom. The van der Waals surface area contributed by atoms with Gasteiger partial charge in [-0.3, -0.25) is 0 Å². The highest BCUT2D eigenvalue weighted by molar-refractivity contribution is 7.90. The van der Waals surface area contributed by atoms with Crippen LogP contribution in [0.2, 0.25) is 0 Å². The molecule has 1 rings (SSSR count). The van der Waals surface area contributed by atoms with Crippen molar-refractivity contribution in [3.05, 3.63) is 24.3 Å². The van der Waals surface area contributed by atoms with E-state index < -0.39 is 9.84 Å². The Morgan fingerprint density at radius 3 is 2.31 bits per heavy atom. The van der Waals surface area contributed by atoms with Crippen molar-refractivity contribution >= 4 is 22.5 Å². The average Bonchev–Trinajstić information content (AvgIpc) is 2.25. The molecule has 16 heavy (non-hydrogen) atoms. The molecular formula is C11H16O3S2. The molecule has 3 nitrogen and oxygen atoms in total. The maximum Gasteiger partial charge on any atom is 0.175 e. The first kappa shape index (κ1) is 13.4. The molecule has 90 valence electrons. The summed E-state index contributed by atoms with van der Waals surface area (Å²) in [5.41, 5.74) is 0. The van der Waals surface area contributed by atoms with Crippen LogP contribution >= 0.6 is 12.6 Å². The van der Waals surface area contributed by atoms with Gasteiger partial charge < -0.3 is 4.74 Å². The van der Waals surface area contributed by atoms with Crippen LogP contribution in [0.4, 0.5) is 0 Å². The van der Waals surface area contributed by atoms with Crippen LogP contribution in [0.3, 0.4) is 0 Å². The van der Waals surface area contributed by atoms with E-state index in [4.69, 9.17) is 4.74 Å². The van der Waals surface area contributed by atoms with Crippen molar-refractivity contribution in [2.75, 3.05) is 18.6 Å². The molecule has 0 radical (unpaired) electrons. The summed E-state index contributed by atoms with van der Waals surface area (Å²) in [5, 5.41) is 0. The van der Waals surface area contributed by atoms with Gasteiger partial charge >= 0.3 is 0 Å². The molecule has 5 heteroatoms. The third-order valence-electron chi connectivity index (χ3n) is 2.10. The first-order valence-electron chi connectivity index (χ1n) is 4.97. The van der Waals surface area contributed by atoms with Gasteiger partial charge in [0, 0.05) is 6.26 Å². The summed E-state index contributed by atoms with van der Waals surface area (Å²) in [6.07, 6.45) is 1.19. The van der Waals surface area contributed by atoms with Gasteiger partial charge in [0.25, 0.3) is 0 Å². The molecule has 0 amide bonds. The monoisotopic (exact) mass is 260 g/mol. The van der Waals surface area contributed by atoms with Crippen molar-refractivity contribution < 1.29 is 13.2 Å². The van der Waals surface area contributed by atoms with Gasteiger partial charge in [0.2, 0.25) is 0 Å². The summed E-state index contributed by atoms with van der Waals surface area (Å²) in [4.78, 5) is 0.307. The van der Waals surface area contributed by atoms with Gasteiger partial charge in [0.1, 0.15) is 5.75 Å². The molecular weight excluding hydrogens is 244 g/mol. The van der Waals surface area contributed by atoms with Gasteiger partial charge in [-0.25, -0.2) is 8.42 Å². The van der Waals surface area contributed by atoms with Crippen LogP contribution < -0.4 is 4.74 Å². The lowest BCUT2D eigenvalue weighted by molar-refractivity contribution is 0.273. The van der Waals surface area contributed by atoms with E-state index in [1.807, 2.05) is 6.92 Å². The zero-order valence-electron chi connectivity index (χ0n) is 9.38. The number of hydrogen-bond donors (Lipinski definition) is 1. The molecule has 0 heterocycles.